The van der Waals surface area contributed by atoms with Gasteiger partial charge >= 0.3 is 0 Å². The Kier molecular flexibility index (Phi) is 4.64. The Morgan fingerprint density at radius 3 is 2.61 bits per heavy atom. The fourth-order valence-electron chi connectivity index (χ4n) is 1.91. The van der Waals surface area contributed by atoms with Gasteiger partial charge in [-0.2, -0.15) is 5.10 Å². The lowest BCUT2D eigenvalue weighted by Gasteiger charge is -2.13. The van der Waals surface area contributed by atoms with E-state index in [0.717, 1.165) is 18.6 Å². The zero-order valence-electron chi connectivity index (χ0n) is 10.1. The first-order valence-corrected chi connectivity index (χ1v) is 6.53. The van der Waals surface area contributed by atoms with Gasteiger partial charge in [0.2, 0.25) is 0 Å². The molecule has 1 aromatic carbocycles. The van der Waals surface area contributed by atoms with Gasteiger partial charge in [0, 0.05) is 5.71 Å². The second kappa shape index (κ2) is 6.44. The molecule has 0 aromatic heterocycles. The van der Waals surface area contributed by atoms with Gasteiger partial charge in [0.15, 0.2) is 5.11 Å². The molecule has 1 aliphatic carbocycles. The smallest absolute Gasteiger partial charge is 0.191 e. The highest BCUT2D eigenvalue weighted by atomic mass is 32.1. The average Bonchev–Trinajstić information content (AvgIpc) is 2.40. The van der Waals surface area contributed by atoms with Crippen molar-refractivity contribution in [2.24, 2.45) is 5.10 Å². The van der Waals surface area contributed by atoms with E-state index in [4.69, 9.17) is 12.2 Å². The molecule has 0 bridgehead atoms. The molecule has 0 aliphatic heterocycles. The quantitative estimate of drug-likeness (QED) is 0.635. The molecule has 2 N–H and O–H groups in total. The first kappa shape index (κ1) is 13.0. The molecule has 0 amide bonds. The van der Waals surface area contributed by atoms with E-state index < -0.39 is 0 Å². The van der Waals surface area contributed by atoms with Crippen LogP contribution in [0.15, 0.2) is 29.4 Å². The van der Waals surface area contributed by atoms with Crippen LogP contribution in [0.1, 0.15) is 32.1 Å². The van der Waals surface area contributed by atoms with Crippen LogP contribution in [0.25, 0.3) is 0 Å². The molecule has 0 unspecified atom stereocenters. The molecule has 1 aliphatic rings. The number of hydrogen-bond acceptors (Lipinski definition) is 2. The SMILES string of the molecule is Fc1ccccc1NC(=S)NN=C1CCCCC1. The van der Waals surface area contributed by atoms with Gasteiger partial charge in [-0.05, 0) is 50.0 Å². The number of thiocarbonyl (C=S) groups is 1. The predicted molar refractivity (Wildman–Crippen MR) is 76.3 cm³/mol. The van der Waals surface area contributed by atoms with Gasteiger partial charge in [0.1, 0.15) is 5.82 Å². The molecule has 0 atom stereocenters. The minimum atomic E-state index is -0.327. The van der Waals surface area contributed by atoms with E-state index in [0.29, 0.717) is 10.8 Å². The van der Waals surface area contributed by atoms with E-state index in [-0.39, 0.29) is 5.82 Å². The van der Waals surface area contributed by atoms with Crippen molar-refractivity contribution >= 4 is 28.7 Å². The summed E-state index contributed by atoms with van der Waals surface area (Å²) in [5.41, 5.74) is 4.27. The Bertz CT molecular complexity index is 451. The van der Waals surface area contributed by atoms with Gasteiger partial charge in [0.25, 0.3) is 0 Å². The molecule has 1 fully saturated rings. The summed E-state index contributed by atoms with van der Waals surface area (Å²) >= 11 is 5.07. The molecule has 1 saturated carbocycles. The molecule has 3 nitrogen and oxygen atoms in total. The van der Waals surface area contributed by atoms with E-state index >= 15 is 0 Å². The Hall–Kier alpha value is -1.49. The van der Waals surface area contributed by atoms with Gasteiger partial charge in [-0.1, -0.05) is 18.6 Å². The first-order chi connectivity index (χ1) is 8.75. The van der Waals surface area contributed by atoms with Crippen LogP contribution in [0.2, 0.25) is 0 Å². The van der Waals surface area contributed by atoms with Crippen molar-refractivity contribution in [3.05, 3.63) is 30.1 Å². The number of anilines is 1. The summed E-state index contributed by atoms with van der Waals surface area (Å²) < 4.78 is 13.4. The molecular formula is C13H16FN3S. The van der Waals surface area contributed by atoms with E-state index in [1.165, 1.54) is 25.3 Å². The second-order valence-corrected chi connectivity index (χ2v) is 4.69. The third-order valence-corrected chi connectivity index (χ3v) is 3.06. The molecule has 0 saturated heterocycles. The average molecular weight is 265 g/mol. The van der Waals surface area contributed by atoms with Crippen LogP contribution >= 0.6 is 12.2 Å². The molecule has 0 heterocycles. The molecule has 96 valence electrons. The van der Waals surface area contributed by atoms with E-state index in [1.54, 1.807) is 18.2 Å². The van der Waals surface area contributed by atoms with Crippen molar-refractivity contribution in [2.75, 3.05) is 5.32 Å². The summed E-state index contributed by atoms with van der Waals surface area (Å²) in [4.78, 5) is 0. The lowest BCUT2D eigenvalue weighted by atomic mass is 9.99. The third-order valence-electron chi connectivity index (χ3n) is 2.87. The summed E-state index contributed by atoms with van der Waals surface area (Å²) in [6.07, 6.45) is 5.70. The fourth-order valence-corrected chi connectivity index (χ4v) is 2.07. The maximum Gasteiger partial charge on any atom is 0.191 e. The maximum absolute atomic E-state index is 13.4. The molecule has 0 spiro atoms. The number of hydrogen-bond donors (Lipinski definition) is 2. The van der Waals surface area contributed by atoms with Crippen molar-refractivity contribution in [3.63, 3.8) is 0 Å². The summed E-state index contributed by atoms with van der Waals surface area (Å²) in [5, 5.41) is 7.36. The van der Waals surface area contributed by atoms with Crippen molar-refractivity contribution in [2.45, 2.75) is 32.1 Å². The van der Waals surface area contributed by atoms with Crippen LogP contribution in [0.5, 0.6) is 0 Å². The van der Waals surface area contributed by atoms with E-state index in [9.17, 15) is 4.39 Å². The number of benzene rings is 1. The molecular weight excluding hydrogens is 249 g/mol. The highest BCUT2D eigenvalue weighted by Crippen LogP contribution is 2.14. The van der Waals surface area contributed by atoms with Crippen LogP contribution in [-0.4, -0.2) is 10.8 Å². The molecule has 18 heavy (non-hydrogen) atoms. The number of nitrogens with one attached hydrogen (secondary N) is 2. The highest BCUT2D eigenvalue weighted by Gasteiger charge is 2.07. The van der Waals surface area contributed by atoms with Gasteiger partial charge in [-0.3, -0.25) is 5.43 Å². The zero-order valence-corrected chi connectivity index (χ0v) is 10.9. The van der Waals surface area contributed by atoms with Gasteiger partial charge in [-0.15, -0.1) is 0 Å². The number of para-hydroxylation sites is 1. The minimum Gasteiger partial charge on any atom is -0.329 e. The Morgan fingerprint density at radius 2 is 1.89 bits per heavy atom. The van der Waals surface area contributed by atoms with Crippen LogP contribution < -0.4 is 10.7 Å². The Morgan fingerprint density at radius 1 is 1.17 bits per heavy atom. The third kappa shape index (κ3) is 3.77. The summed E-state index contributed by atoms with van der Waals surface area (Å²) in [7, 11) is 0. The number of hydrazone groups is 1. The Labute approximate surface area is 111 Å². The van der Waals surface area contributed by atoms with Gasteiger partial charge in [0.05, 0.1) is 5.69 Å². The van der Waals surface area contributed by atoms with Gasteiger partial charge in [-0.25, -0.2) is 4.39 Å². The predicted octanol–water partition coefficient (Wildman–Crippen LogP) is 3.43. The van der Waals surface area contributed by atoms with E-state index in [1.807, 2.05) is 0 Å². The second-order valence-electron chi connectivity index (χ2n) is 4.28. The van der Waals surface area contributed by atoms with Crippen LogP contribution in [0, 0.1) is 5.82 Å². The first-order valence-electron chi connectivity index (χ1n) is 6.12. The van der Waals surface area contributed by atoms with Crippen molar-refractivity contribution < 1.29 is 4.39 Å². The van der Waals surface area contributed by atoms with Crippen LogP contribution in [0.4, 0.5) is 10.1 Å². The Balaban J connectivity index is 1.87. The van der Waals surface area contributed by atoms with E-state index in [2.05, 4.69) is 15.8 Å². The molecule has 5 heteroatoms. The fraction of sp³-hybridized carbons (Fsp3) is 0.385. The topological polar surface area (TPSA) is 36.4 Å². The number of rotatable bonds is 2. The minimum absolute atomic E-state index is 0.318. The lowest BCUT2D eigenvalue weighted by molar-refractivity contribution is 0.632. The largest absolute Gasteiger partial charge is 0.329 e. The number of nitrogens with zero attached hydrogens (tertiary/aromatic N) is 1. The summed E-state index contributed by atoms with van der Waals surface area (Å²) in [6, 6.07) is 6.41. The standard InChI is InChI=1S/C13H16FN3S/c14-11-8-4-5-9-12(11)15-13(18)17-16-10-6-2-1-3-7-10/h4-5,8-9H,1-3,6-7H2,(H2,15,17,18). The van der Waals surface area contributed by atoms with Gasteiger partial charge < -0.3 is 5.32 Å². The highest BCUT2D eigenvalue weighted by molar-refractivity contribution is 7.80. The zero-order chi connectivity index (χ0) is 12.8. The van der Waals surface area contributed by atoms with Crippen molar-refractivity contribution in [3.8, 4) is 0 Å². The molecule has 2 rings (SSSR count). The molecule has 1 aromatic rings. The van der Waals surface area contributed by atoms with Crippen molar-refractivity contribution in [1.82, 2.24) is 5.43 Å². The summed E-state index contributed by atoms with van der Waals surface area (Å²) in [6.45, 7) is 0. The van der Waals surface area contributed by atoms with Crippen molar-refractivity contribution in [1.29, 1.82) is 0 Å². The van der Waals surface area contributed by atoms with Crippen LogP contribution in [-0.2, 0) is 0 Å². The molecule has 0 radical (unpaired) electrons. The lowest BCUT2D eigenvalue weighted by Crippen LogP contribution is -2.26. The monoisotopic (exact) mass is 265 g/mol. The summed E-state index contributed by atoms with van der Waals surface area (Å²) in [5.74, 6) is -0.327. The normalized spacial score (nSPS) is 15.1. The number of halogens is 1. The maximum atomic E-state index is 13.4. The van der Waals surface area contributed by atoms with Crippen LogP contribution in [0.3, 0.4) is 0 Å².